The van der Waals surface area contributed by atoms with Gasteiger partial charge in [-0.2, -0.15) is 12.6 Å². The van der Waals surface area contributed by atoms with Crippen LogP contribution in [-0.4, -0.2) is 5.75 Å². The van der Waals surface area contributed by atoms with E-state index in [9.17, 15) is 0 Å². The van der Waals surface area contributed by atoms with Gasteiger partial charge < -0.3 is 0 Å². The van der Waals surface area contributed by atoms with Gasteiger partial charge in [0.1, 0.15) is 6.54 Å². The first-order valence-electron chi connectivity index (χ1n) is 7.89. The molecular weight excluding hydrogens is 250 g/mol. The number of rotatable bonds is 11. The van der Waals surface area contributed by atoms with Crippen molar-refractivity contribution in [2.24, 2.45) is 0 Å². The second kappa shape index (κ2) is 11.3. The van der Waals surface area contributed by atoms with E-state index in [2.05, 4.69) is 48.6 Å². The third-order valence-electron chi connectivity index (χ3n) is 3.63. The second-order valence-electron chi connectivity index (χ2n) is 5.52. The van der Waals surface area contributed by atoms with Crippen LogP contribution in [-0.2, 0) is 6.54 Å². The molecule has 0 atom stereocenters. The van der Waals surface area contributed by atoms with Gasteiger partial charge in [-0.3, -0.25) is 0 Å². The molecule has 2 heteroatoms. The molecule has 19 heavy (non-hydrogen) atoms. The lowest BCUT2D eigenvalue weighted by atomic mass is 10.1. The molecule has 1 aromatic heterocycles. The van der Waals surface area contributed by atoms with Crippen LogP contribution in [0.5, 0.6) is 0 Å². The number of aryl methyl sites for hydroxylation is 2. The summed E-state index contributed by atoms with van der Waals surface area (Å²) in [6.07, 6.45) is 16.8. The lowest BCUT2D eigenvalue weighted by Crippen LogP contribution is -2.32. The van der Waals surface area contributed by atoms with Crippen molar-refractivity contribution in [2.75, 3.05) is 5.75 Å². The van der Waals surface area contributed by atoms with Crippen molar-refractivity contribution in [3.05, 3.63) is 30.1 Å². The molecule has 0 saturated carbocycles. The summed E-state index contributed by atoms with van der Waals surface area (Å²) in [7, 11) is 0. The Kier molecular flexibility index (Phi) is 9.88. The lowest BCUT2D eigenvalue weighted by Gasteiger charge is -2.01. The topological polar surface area (TPSA) is 3.88 Å². The molecule has 0 radical (unpaired) electrons. The van der Waals surface area contributed by atoms with E-state index in [0.717, 1.165) is 5.75 Å². The van der Waals surface area contributed by atoms with Crippen molar-refractivity contribution >= 4 is 12.6 Å². The van der Waals surface area contributed by atoms with Gasteiger partial charge in [-0.05, 0) is 31.1 Å². The normalized spacial score (nSPS) is 10.8. The number of pyridine rings is 1. The monoisotopic (exact) mass is 280 g/mol. The molecule has 0 aliphatic rings. The third kappa shape index (κ3) is 9.10. The second-order valence-corrected chi connectivity index (χ2v) is 5.97. The molecule has 0 aromatic carbocycles. The van der Waals surface area contributed by atoms with Crippen LogP contribution in [0.2, 0.25) is 0 Å². The molecular formula is C17H30NS+. The van der Waals surface area contributed by atoms with Crippen LogP contribution < -0.4 is 4.57 Å². The van der Waals surface area contributed by atoms with Gasteiger partial charge in [0.15, 0.2) is 12.4 Å². The first-order valence-corrected chi connectivity index (χ1v) is 8.53. The number of hydrogen-bond acceptors (Lipinski definition) is 1. The number of thiol groups is 1. The van der Waals surface area contributed by atoms with E-state index in [0.29, 0.717) is 0 Å². The lowest BCUT2D eigenvalue weighted by molar-refractivity contribution is -0.697. The van der Waals surface area contributed by atoms with Gasteiger partial charge >= 0.3 is 0 Å². The van der Waals surface area contributed by atoms with E-state index in [1.807, 2.05) is 0 Å². The maximum Gasteiger partial charge on any atom is 0.169 e. The molecule has 108 valence electrons. The summed E-state index contributed by atoms with van der Waals surface area (Å²) < 4.78 is 2.30. The summed E-state index contributed by atoms with van der Waals surface area (Å²) in [6.45, 7) is 3.31. The highest BCUT2D eigenvalue weighted by Crippen LogP contribution is 2.09. The minimum Gasteiger partial charge on any atom is -0.205 e. The van der Waals surface area contributed by atoms with Crippen LogP contribution in [0.1, 0.15) is 63.4 Å². The Hall–Kier alpha value is -0.500. The first-order chi connectivity index (χ1) is 9.33. The van der Waals surface area contributed by atoms with Crippen LogP contribution in [0.25, 0.3) is 0 Å². The molecule has 1 nitrogen and oxygen atoms in total. The summed E-state index contributed by atoms with van der Waals surface area (Å²) in [5.41, 5.74) is 1.34. The van der Waals surface area contributed by atoms with Gasteiger partial charge in [0.05, 0.1) is 0 Å². The van der Waals surface area contributed by atoms with E-state index in [1.165, 1.54) is 69.9 Å². The minimum absolute atomic E-state index is 1.05. The van der Waals surface area contributed by atoms with Gasteiger partial charge in [-0.15, -0.1) is 0 Å². The number of unbranched alkanes of at least 4 members (excludes halogenated alkanes) is 8. The Balaban J connectivity index is 1.87. The Morgan fingerprint density at radius 2 is 1.26 bits per heavy atom. The smallest absolute Gasteiger partial charge is 0.169 e. The van der Waals surface area contributed by atoms with Crippen molar-refractivity contribution in [3.8, 4) is 0 Å². The summed E-state index contributed by atoms with van der Waals surface area (Å²) in [6, 6.07) is 4.37. The number of nitrogens with zero attached hydrogens (tertiary/aromatic N) is 1. The Morgan fingerprint density at radius 1 is 0.789 bits per heavy atom. The highest BCUT2D eigenvalue weighted by molar-refractivity contribution is 7.80. The summed E-state index contributed by atoms with van der Waals surface area (Å²) in [5.74, 6) is 1.05. The summed E-state index contributed by atoms with van der Waals surface area (Å²) in [4.78, 5) is 0. The van der Waals surface area contributed by atoms with Gasteiger partial charge in [-0.25, -0.2) is 4.57 Å². The zero-order valence-corrected chi connectivity index (χ0v) is 13.4. The van der Waals surface area contributed by atoms with Gasteiger partial charge in [0.2, 0.25) is 0 Å². The van der Waals surface area contributed by atoms with Gasteiger partial charge in [0, 0.05) is 18.6 Å². The average molecular weight is 281 g/mol. The van der Waals surface area contributed by atoms with Crippen molar-refractivity contribution in [2.45, 2.75) is 71.3 Å². The van der Waals surface area contributed by atoms with Crippen molar-refractivity contribution in [1.29, 1.82) is 0 Å². The molecule has 0 amide bonds. The number of aromatic nitrogens is 1. The SMILES string of the molecule is Cc1cc[n+](CCCCCCCCCCCS)cc1. The molecule has 1 heterocycles. The molecule has 0 bridgehead atoms. The van der Waals surface area contributed by atoms with E-state index in [-0.39, 0.29) is 0 Å². The minimum atomic E-state index is 1.05. The molecule has 1 aromatic rings. The largest absolute Gasteiger partial charge is 0.205 e. The molecule has 0 aliphatic heterocycles. The third-order valence-corrected chi connectivity index (χ3v) is 3.95. The highest BCUT2D eigenvalue weighted by atomic mass is 32.1. The molecule has 1 rings (SSSR count). The van der Waals surface area contributed by atoms with Gasteiger partial charge in [0.25, 0.3) is 0 Å². The molecule has 0 spiro atoms. The van der Waals surface area contributed by atoms with Crippen LogP contribution in [0.4, 0.5) is 0 Å². The van der Waals surface area contributed by atoms with E-state index in [4.69, 9.17) is 0 Å². The maximum absolute atomic E-state index is 4.24. The zero-order chi connectivity index (χ0) is 13.8. The number of hydrogen-bond donors (Lipinski definition) is 1. The molecule has 0 unspecified atom stereocenters. The van der Waals surface area contributed by atoms with Crippen LogP contribution in [0.3, 0.4) is 0 Å². The van der Waals surface area contributed by atoms with Crippen molar-refractivity contribution < 1.29 is 4.57 Å². The van der Waals surface area contributed by atoms with E-state index in [1.54, 1.807) is 0 Å². The fraction of sp³-hybridized carbons (Fsp3) is 0.706. The zero-order valence-electron chi connectivity index (χ0n) is 12.5. The Bertz CT molecular complexity index is 308. The predicted molar refractivity (Wildman–Crippen MR) is 86.8 cm³/mol. The quantitative estimate of drug-likeness (QED) is 0.339. The highest BCUT2D eigenvalue weighted by Gasteiger charge is 1.99. The average Bonchev–Trinajstić information content (AvgIpc) is 2.43. The van der Waals surface area contributed by atoms with Crippen LogP contribution in [0.15, 0.2) is 24.5 Å². The first kappa shape index (κ1) is 16.6. The van der Waals surface area contributed by atoms with Crippen molar-refractivity contribution in [1.82, 2.24) is 0 Å². The van der Waals surface area contributed by atoms with E-state index < -0.39 is 0 Å². The molecule has 0 N–H and O–H groups in total. The fourth-order valence-corrected chi connectivity index (χ4v) is 2.55. The Morgan fingerprint density at radius 3 is 1.79 bits per heavy atom. The molecule has 0 aliphatic carbocycles. The van der Waals surface area contributed by atoms with Gasteiger partial charge in [-0.1, -0.05) is 38.5 Å². The predicted octanol–water partition coefficient (Wildman–Crippen LogP) is 4.72. The standard InChI is InChI=1S/C17H29NS/c1-17-11-14-18(15-12-17)13-9-7-5-3-2-4-6-8-10-16-19/h11-12,14-15H,2-10,13,16H2,1H3/p+1. The van der Waals surface area contributed by atoms with E-state index >= 15 is 0 Å². The molecule has 0 fully saturated rings. The van der Waals surface area contributed by atoms with Crippen molar-refractivity contribution in [3.63, 3.8) is 0 Å². The van der Waals surface area contributed by atoms with Crippen LogP contribution in [0, 0.1) is 6.92 Å². The Labute approximate surface area is 124 Å². The molecule has 0 saturated heterocycles. The summed E-state index contributed by atoms with van der Waals surface area (Å²) >= 11 is 4.24. The fourth-order valence-electron chi connectivity index (χ4n) is 2.32. The van der Waals surface area contributed by atoms with Crippen LogP contribution >= 0.6 is 12.6 Å². The maximum atomic E-state index is 4.24. The summed E-state index contributed by atoms with van der Waals surface area (Å²) in [5, 5.41) is 0.